The van der Waals surface area contributed by atoms with Crippen molar-refractivity contribution in [2.75, 3.05) is 39.3 Å². The molecule has 0 bridgehead atoms. The minimum absolute atomic E-state index is 0.149. The lowest BCUT2D eigenvalue weighted by Gasteiger charge is -2.35. The van der Waals surface area contributed by atoms with Crippen molar-refractivity contribution in [1.82, 2.24) is 14.8 Å². The smallest absolute Gasteiger partial charge is 0.274 e. The number of pyridine rings is 1. The largest absolute Gasteiger partial charge is 0.377 e. The maximum absolute atomic E-state index is 12.5. The molecule has 3 heterocycles. The highest BCUT2D eigenvalue weighted by Crippen LogP contribution is 2.20. The maximum atomic E-state index is 12.5. The summed E-state index contributed by atoms with van der Waals surface area (Å²) in [7, 11) is 0. The highest BCUT2D eigenvalue weighted by Gasteiger charge is 2.27. The first-order chi connectivity index (χ1) is 10.6. The van der Waals surface area contributed by atoms with E-state index in [0.717, 1.165) is 39.1 Å². The molecule has 0 saturated carbocycles. The van der Waals surface area contributed by atoms with Gasteiger partial charge in [0.15, 0.2) is 0 Å². The number of aromatic nitrogens is 1. The molecule has 1 amide bonds. The molecule has 0 radical (unpaired) electrons. The topological polar surface area (TPSA) is 45.7 Å². The zero-order valence-electron chi connectivity index (χ0n) is 12.3. The van der Waals surface area contributed by atoms with Crippen molar-refractivity contribution in [3.8, 4) is 0 Å². The SMILES string of the molecule is O=C(c1nc(Cl)ccc1Cl)N1CCN(CC2CCCO2)CC1. The molecule has 0 spiro atoms. The van der Waals surface area contributed by atoms with Gasteiger partial charge in [-0.3, -0.25) is 9.69 Å². The summed E-state index contributed by atoms with van der Waals surface area (Å²) in [6, 6.07) is 3.19. The van der Waals surface area contributed by atoms with Crippen molar-refractivity contribution in [2.45, 2.75) is 18.9 Å². The third-order valence-electron chi connectivity index (χ3n) is 4.16. The molecule has 7 heteroatoms. The van der Waals surface area contributed by atoms with Crippen LogP contribution in [0.4, 0.5) is 0 Å². The van der Waals surface area contributed by atoms with E-state index in [4.69, 9.17) is 27.9 Å². The Hall–Kier alpha value is -0.880. The Bertz CT molecular complexity index is 542. The van der Waals surface area contributed by atoms with Crippen molar-refractivity contribution in [3.63, 3.8) is 0 Å². The van der Waals surface area contributed by atoms with E-state index in [2.05, 4.69) is 9.88 Å². The molecule has 1 aromatic heterocycles. The number of halogens is 2. The Kier molecular flexibility index (Phi) is 5.18. The van der Waals surface area contributed by atoms with Crippen molar-refractivity contribution in [1.29, 1.82) is 0 Å². The maximum Gasteiger partial charge on any atom is 0.274 e. The van der Waals surface area contributed by atoms with Gasteiger partial charge in [0.25, 0.3) is 5.91 Å². The molecule has 1 unspecified atom stereocenters. The first-order valence-electron chi connectivity index (χ1n) is 7.59. The monoisotopic (exact) mass is 343 g/mol. The Balaban J connectivity index is 1.56. The standard InChI is InChI=1S/C15H19Cl2N3O2/c16-12-3-4-13(17)18-14(12)15(21)20-7-5-19(6-8-20)10-11-2-1-9-22-11/h3-4,11H,1-2,5-10H2. The van der Waals surface area contributed by atoms with E-state index in [1.165, 1.54) is 0 Å². The van der Waals surface area contributed by atoms with Crippen LogP contribution in [-0.4, -0.2) is 66.1 Å². The second-order valence-electron chi connectivity index (χ2n) is 5.69. The second kappa shape index (κ2) is 7.13. The molecule has 3 rings (SSSR count). The molecule has 2 aliphatic heterocycles. The summed E-state index contributed by atoms with van der Waals surface area (Å²) in [6.45, 7) is 4.89. The summed E-state index contributed by atoms with van der Waals surface area (Å²) in [4.78, 5) is 20.7. The minimum Gasteiger partial charge on any atom is -0.377 e. The molecule has 2 saturated heterocycles. The normalized spacial score (nSPS) is 23.0. The Morgan fingerprint density at radius 3 is 2.73 bits per heavy atom. The first-order valence-corrected chi connectivity index (χ1v) is 8.34. The molecule has 1 aromatic rings. The number of piperazine rings is 1. The zero-order valence-corrected chi connectivity index (χ0v) is 13.8. The molecular formula is C15H19Cl2N3O2. The molecule has 2 fully saturated rings. The number of hydrogen-bond donors (Lipinski definition) is 0. The fraction of sp³-hybridized carbons (Fsp3) is 0.600. The van der Waals surface area contributed by atoms with Gasteiger partial charge in [-0.25, -0.2) is 4.98 Å². The van der Waals surface area contributed by atoms with E-state index in [1.54, 1.807) is 17.0 Å². The molecule has 120 valence electrons. The lowest BCUT2D eigenvalue weighted by atomic mass is 10.2. The predicted octanol–water partition coefficient (Wildman–Crippen LogP) is 2.33. The molecule has 0 aliphatic carbocycles. The minimum atomic E-state index is -0.149. The van der Waals surface area contributed by atoms with Crippen LogP contribution in [0.2, 0.25) is 10.2 Å². The van der Waals surface area contributed by atoms with Crippen LogP contribution in [0, 0.1) is 0 Å². The summed E-state index contributed by atoms with van der Waals surface area (Å²) in [6.07, 6.45) is 2.65. The number of ether oxygens (including phenoxy) is 1. The molecule has 1 atom stereocenters. The van der Waals surface area contributed by atoms with Crippen LogP contribution in [0.3, 0.4) is 0 Å². The van der Waals surface area contributed by atoms with Gasteiger partial charge in [-0.1, -0.05) is 23.2 Å². The molecular weight excluding hydrogens is 325 g/mol. The van der Waals surface area contributed by atoms with Gasteiger partial charge < -0.3 is 9.64 Å². The van der Waals surface area contributed by atoms with Crippen molar-refractivity contribution >= 4 is 29.1 Å². The summed E-state index contributed by atoms with van der Waals surface area (Å²) in [5.74, 6) is -0.149. The van der Waals surface area contributed by atoms with Gasteiger partial charge in [-0.05, 0) is 25.0 Å². The number of carbonyl (C=O) groups is 1. The van der Waals surface area contributed by atoms with Crippen LogP contribution >= 0.6 is 23.2 Å². The highest BCUT2D eigenvalue weighted by atomic mass is 35.5. The number of hydrogen-bond acceptors (Lipinski definition) is 4. The van der Waals surface area contributed by atoms with Crippen LogP contribution in [0.1, 0.15) is 23.3 Å². The van der Waals surface area contributed by atoms with Gasteiger partial charge in [0.05, 0.1) is 11.1 Å². The van der Waals surface area contributed by atoms with Gasteiger partial charge in [-0.15, -0.1) is 0 Å². The van der Waals surface area contributed by atoms with Gasteiger partial charge in [0.1, 0.15) is 10.8 Å². The van der Waals surface area contributed by atoms with Crippen LogP contribution in [0.5, 0.6) is 0 Å². The summed E-state index contributed by atoms with van der Waals surface area (Å²) < 4.78 is 5.66. The van der Waals surface area contributed by atoms with E-state index in [1.807, 2.05) is 0 Å². The number of rotatable bonds is 3. The first kappa shape index (κ1) is 16.0. The summed E-state index contributed by atoms with van der Waals surface area (Å²) >= 11 is 11.9. The van der Waals surface area contributed by atoms with E-state index < -0.39 is 0 Å². The molecule has 22 heavy (non-hydrogen) atoms. The van der Waals surface area contributed by atoms with Gasteiger partial charge in [-0.2, -0.15) is 0 Å². The van der Waals surface area contributed by atoms with E-state index in [0.29, 0.717) is 24.2 Å². The van der Waals surface area contributed by atoms with E-state index >= 15 is 0 Å². The van der Waals surface area contributed by atoms with Crippen LogP contribution in [-0.2, 0) is 4.74 Å². The number of amides is 1. The average molecular weight is 344 g/mol. The van der Waals surface area contributed by atoms with Gasteiger partial charge >= 0.3 is 0 Å². The fourth-order valence-electron chi connectivity index (χ4n) is 2.93. The van der Waals surface area contributed by atoms with Crippen LogP contribution in [0.25, 0.3) is 0 Å². The molecule has 0 aromatic carbocycles. The van der Waals surface area contributed by atoms with Crippen LogP contribution in [0.15, 0.2) is 12.1 Å². The van der Waals surface area contributed by atoms with Gasteiger partial charge in [0, 0.05) is 39.3 Å². The fourth-order valence-corrected chi connectivity index (χ4v) is 3.26. The van der Waals surface area contributed by atoms with Crippen molar-refractivity contribution in [3.05, 3.63) is 28.0 Å². The third-order valence-corrected chi connectivity index (χ3v) is 4.68. The third kappa shape index (κ3) is 3.71. The van der Waals surface area contributed by atoms with E-state index in [-0.39, 0.29) is 16.8 Å². The van der Waals surface area contributed by atoms with Crippen molar-refractivity contribution in [2.24, 2.45) is 0 Å². The predicted molar refractivity (Wildman–Crippen MR) is 85.6 cm³/mol. The molecule has 2 aliphatic rings. The summed E-state index contributed by atoms with van der Waals surface area (Å²) in [5, 5.41) is 0.626. The Morgan fingerprint density at radius 2 is 2.05 bits per heavy atom. The Labute approximate surface area is 140 Å². The molecule has 5 nitrogen and oxygen atoms in total. The summed E-state index contributed by atoms with van der Waals surface area (Å²) in [5.41, 5.74) is 0.238. The second-order valence-corrected chi connectivity index (χ2v) is 6.49. The molecule has 0 N–H and O–H groups in total. The van der Waals surface area contributed by atoms with E-state index in [9.17, 15) is 4.79 Å². The number of carbonyl (C=O) groups excluding carboxylic acids is 1. The Morgan fingerprint density at radius 1 is 1.27 bits per heavy atom. The number of nitrogens with zero attached hydrogens (tertiary/aromatic N) is 3. The lowest BCUT2D eigenvalue weighted by molar-refractivity contribution is 0.0430. The van der Waals surface area contributed by atoms with Crippen molar-refractivity contribution < 1.29 is 9.53 Å². The lowest BCUT2D eigenvalue weighted by Crippen LogP contribution is -2.50. The highest BCUT2D eigenvalue weighted by molar-refractivity contribution is 6.34. The van der Waals surface area contributed by atoms with Gasteiger partial charge in [0.2, 0.25) is 0 Å². The average Bonchev–Trinajstić information content (AvgIpc) is 3.03. The quantitative estimate of drug-likeness (QED) is 0.790. The van der Waals surface area contributed by atoms with Crippen LogP contribution < -0.4 is 0 Å². The zero-order chi connectivity index (χ0) is 15.5.